The number of hydrogen-bond donors (Lipinski definition) is 0. The van der Waals surface area contributed by atoms with E-state index in [-0.39, 0.29) is 5.91 Å². The third-order valence-electron chi connectivity index (χ3n) is 2.72. The van der Waals surface area contributed by atoms with Crippen LogP contribution in [0, 0.1) is 0 Å². The smallest absolute Gasteiger partial charge is 0.227 e. The van der Waals surface area contributed by atoms with Gasteiger partial charge in [0.05, 0.1) is 5.52 Å². The Kier molecular flexibility index (Phi) is 2.35. The molecule has 0 amide bonds. The van der Waals surface area contributed by atoms with Crippen molar-refractivity contribution in [1.29, 1.82) is 0 Å². The van der Waals surface area contributed by atoms with E-state index < -0.39 is 0 Å². The number of benzene rings is 1. The Morgan fingerprint density at radius 3 is 2.60 bits per heavy atom. The molecule has 1 aromatic carbocycles. The zero-order valence-corrected chi connectivity index (χ0v) is 9.32. The highest BCUT2D eigenvalue weighted by Crippen LogP contribution is 2.22. The van der Waals surface area contributed by atoms with Crippen molar-refractivity contribution in [3.63, 3.8) is 0 Å². The van der Waals surface area contributed by atoms with Crippen LogP contribution in [-0.2, 0) is 0 Å². The van der Waals surface area contributed by atoms with Gasteiger partial charge in [0.15, 0.2) is 0 Å². The maximum atomic E-state index is 11.3. The summed E-state index contributed by atoms with van der Waals surface area (Å²) >= 11 is 0. The molecule has 0 aliphatic heterocycles. The summed E-state index contributed by atoms with van der Waals surface area (Å²) in [5.41, 5.74) is 2.30. The van der Waals surface area contributed by atoms with Crippen molar-refractivity contribution in [2.45, 2.75) is 26.7 Å². The van der Waals surface area contributed by atoms with Crippen molar-refractivity contribution in [1.82, 2.24) is 4.57 Å². The van der Waals surface area contributed by atoms with Crippen LogP contribution in [-0.4, -0.2) is 10.5 Å². The van der Waals surface area contributed by atoms with E-state index in [2.05, 4.69) is 26.0 Å². The van der Waals surface area contributed by atoms with E-state index in [1.54, 1.807) is 11.5 Å². The third kappa shape index (κ3) is 1.67. The molecular formula is C13H15NO. The zero-order valence-electron chi connectivity index (χ0n) is 9.32. The Hall–Kier alpha value is -1.57. The lowest BCUT2D eigenvalue weighted by Gasteiger charge is -2.05. The zero-order chi connectivity index (χ0) is 11.0. The molecule has 0 unspecified atom stereocenters. The Morgan fingerprint density at radius 1 is 1.27 bits per heavy atom. The van der Waals surface area contributed by atoms with E-state index in [0.717, 1.165) is 10.9 Å². The molecule has 0 aliphatic carbocycles. The second-order valence-electron chi connectivity index (χ2n) is 4.18. The topological polar surface area (TPSA) is 22.0 Å². The summed E-state index contributed by atoms with van der Waals surface area (Å²) in [7, 11) is 0. The molecule has 78 valence electrons. The normalized spacial score (nSPS) is 11.2. The number of aromatic nitrogens is 1. The molecule has 0 saturated heterocycles. The SMILES string of the molecule is CC(=O)n1ccc2cc(C(C)C)ccc21. The molecule has 0 saturated carbocycles. The van der Waals surface area contributed by atoms with Gasteiger partial charge in [0.25, 0.3) is 0 Å². The largest absolute Gasteiger partial charge is 0.287 e. The first-order valence-electron chi connectivity index (χ1n) is 5.21. The fourth-order valence-electron chi connectivity index (χ4n) is 1.79. The van der Waals surface area contributed by atoms with Gasteiger partial charge in [-0.25, -0.2) is 0 Å². The molecule has 2 nitrogen and oxygen atoms in total. The van der Waals surface area contributed by atoms with Crippen molar-refractivity contribution >= 4 is 16.8 Å². The van der Waals surface area contributed by atoms with Crippen molar-refractivity contribution in [2.75, 3.05) is 0 Å². The molecule has 2 heteroatoms. The molecule has 15 heavy (non-hydrogen) atoms. The van der Waals surface area contributed by atoms with Gasteiger partial charge >= 0.3 is 0 Å². The molecule has 0 spiro atoms. The number of fused-ring (bicyclic) bond motifs is 1. The molecule has 1 heterocycles. The quantitative estimate of drug-likeness (QED) is 0.692. The van der Waals surface area contributed by atoms with E-state index in [9.17, 15) is 4.79 Å². The molecular weight excluding hydrogens is 186 g/mol. The lowest BCUT2D eigenvalue weighted by molar-refractivity contribution is 0.0941. The van der Waals surface area contributed by atoms with Gasteiger partial charge in [-0.05, 0) is 29.7 Å². The van der Waals surface area contributed by atoms with Crippen molar-refractivity contribution in [3.05, 3.63) is 36.0 Å². The van der Waals surface area contributed by atoms with Crippen molar-refractivity contribution in [2.24, 2.45) is 0 Å². The average Bonchev–Trinajstić information content (AvgIpc) is 2.59. The molecule has 0 aliphatic rings. The minimum atomic E-state index is 0.0577. The van der Waals surface area contributed by atoms with Gasteiger partial charge in [0.1, 0.15) is 0 Å². The van der Waals surface area contributed by atoms with Crippen LogP contribution < -0.4 is 0 Å². The molecule has 0 atom stereocenters. The van der Waals surface area contributed by atoms with Gasteiger partial charge in [-0.2, -0.15) is 0 Å². The molecule has 0 bridgehead atoms. The standard InChI is InChI=1S/C13H15NO/c1-9(2)11-4-5-13-12(8-11)6-7-14(13)10(3)15/h4-9H,1-3H3. The molecule has 0 N–H and O–H groups in total. The number of nitrogens with zero attached hydrogens (tertiary/aromatic N) is 1. The van der Waals surface area contributed by atoms with Gasteiger partial charge < -0.3 is 0 Å². The van der Waals surface area contributed by atoms with Crippen LogP contribution in [0.2, 0.25) is 0 Å². The van der Waals surface area contributed by atoms with Crippen LogP contribution >= 0.6 is 0 Å². The first-order valence-corrected chi connectivity index (χ1v) is 5.21. The lowest BCUT2D eigenvalue weighted by atomic mass is 10.0. The maximum Gasteiger partial charge on any atom is 0.227 e. The van der Waals surface area contributed by atoms with Crippen LogP contribution in [0.15, 0.2) is 30.5 Å². The van der Waals surface area contributed by atoms with Gasteiger partial charge in [0.2, 0.25) is 5.91 Å². The Bertz CT molecular complexity index is 508. The predicted octanol–water partition coefficient (Wildman–Crippen LogP) is 3.42. The minimum absolute atomic E-state index is 0.0577. The Morgan fingerprint density at radius 2 is 2.00 bits per heavy atom. The number of carbonyl (C=O) groups excluding carboxylic acids is 1. The van der Waals surface area contributed by atoms with Gasteiger partial charge in [-0.3, -0.25) is 9.36 Å². The highest BCUT2D eigenvalue weighted by atomic mass is 16.1. The number of hydrogen-bond acceptors (Lipinski definition) is 1. The average molecular weight is 201 g/mol. The number of rotatable bonds is 1. The summed E-state index contributed by atoms with van der Waals surface area (Å²) in [4.78, 5) is 11.3. The predicted molar refractivity (Wildman–Crippen MR) is 62.3 cm³/mol. The van der Waals surface area contributed by atoms with Crippen LogP contribution in [0.4, 0.5) is 0 Å². The first kappa shape index (κ1) is 9.97. The van der Waals surface area contributed by atoms with Crippen molar-refractivity contribution < 1.29 is 4.79 Å². The number of carbonyl (C=O) groups is 1. The minimum Gasteiger partial charge on any atom is -0.287 e. The summed E-state index contributed by atoms with van der Waals surface area (Å²) in [6.45, 7) is 5.92. The maximum absolute atomic E-state index is 11.3. The molecule has 2 aromatic rings. The van der Waals surface area contributed by atoms with Gasteiger partial charge in [0, 0.05) is 18.5 Å². The van der Waals surface area contributed by atoms with E-state index in [1.807, 2.05) is 18.3 Å². The summed E-state index contributed by atoms with van der Waals surface area (Å²) < 4.78 is 1.68. The van der Waals surface area contributed by atoms with Gasteiger partial charge in [-0.15, -0.1) is 0 Å². The van der Waals surface area contributed by atoms with Crippen LogP contribution in [0.3, 0.4) is 0 Å². The van der Waals surface area contributed by atoms with Gasteiger partial charge in [-0.1, -0.05) is 19.9 Å². The summed E-state index contributed by atoms with van der Waals surface area (Å²) in [5.74, 6) is 0.581. The summed E-state index contributed by atoms with van der Waals surface area (Å²) in [5, 5.41) is 1.14. The molecule has 1 aromatic heterocycles. The second-order valence-corrected chi connectivity index (χ2v) is 4.18. The van der Waals surface area contributed by atoms with Crippen LogP contribution in [0.1, 0.15) is 37.0 Å². The third-order valence-corrected chi connectivity index (χ3v) is 2.72. The Balaban J connectivity index is 2.61. The highest BCUT2D eigenvalue weighted by Gasteiger charge is 2.06. The fraction of sp³-hybridized carbons (Fsp3) is 0.308. The van der Waals surface area contributed by atoms with E-state index in [4.69, 9.17) is 0 Å². The van der Waals surface area contributed by atoms with Crippen LogP contribution in [0.25, 0.3) is 10.9 Å². The molecule has 2 rings (SSSR count). The van der Waals surface area contributed by atoms with Crippen molar-refractivity contribution in [3.8, 4) is 0 Å². The summed E-state index contributed by atoms with van der Waals surface area (Å²) in [6, 6.07) is 8.25. The Labute approximate surface area is 89.5 Å². The molecule has 0 fully saturated rings. The fourth-order valence-corrected chi connectivity index (χ4v) is 1.79. The monoisotopic (exact) mass is 201 g/mol. The summed E-state index contributed by atoms with van der Waals surface area (Å²) in [6.07, 6.45) is 1.83. The molecule has 0 radical (unpaired) electrons. The lowest BCUT2D eigenvalue weighted by Crippen LogP contribution is -2.02. The first-order chi connectivity index (χ1) is 7.09. The highest BCUT2D eigenvalue weighted by molar-refractivity contribution is 5.91. The van der Waals surface area contributed by atoms with Crippen LogP contribution in [0.5, 0.6) is 0 Å². The van der Waals surface area contributed by atoms with E-state index in [0.29, 0.717) is 5.92 Å². The van der Waals surface area contributed by atoms with E-state index >= 15 is 0 Å². The second kappa shape index (κ2) is 3.54. The van der Waals surface area contributed by atoms with E-state index in [1.165, 1.54) is 5.56 Å².